The lowest BCUT2D eigenvalue weighted by Gasteiger charge is -2.07. The standard InChI is InChI=1S/C16H13FN2O/c17-14-3-1-12(2-4-14)16-15(13(10-20)9-19-16)11-5-7-18-8-6-11/h1-9,19-20H,10H2. The Balaban J connectivity index is 2.17. The molecular formula is C16H13FN2O. The van der Waals surface area contributed by atoms with Crippen molar-refractivity contribution in [2.45, 2.75) is 6.61 Å². The summed E-state index contributed by atoms with van der Waals surface area (Å²) in [6.45, 7) is -0.0602. The first-order valence-corrected chi connectivity index (χ1v) is 6.27. The Kier molecular flexibility index (Phi) is 3.31. The van der Waals surface area contributed by atoms with Crippen LogP contribution in [0.15, 0.2) is 55.0 Å². The molecule has 0 unspecified atom stereocenters. The minimum atomic E-state index is -0.270. The normalized spacial score (nSPS) is 10.7. The molecule has 0 amide bonds. The van der Waals surface area contributed by atoms with Crippen molar-refractivity contribution in [1.82, 2.24) is 9.97 Å². The van der Waals surface area contributed by atoms with Gasteiger partial charge in [-0.1, -0.05) is 0 Å². The van der Waals surface area contributed by atoms with Crippen LogP contribution in [0.2, 0.25) is 0 Å². The second-order valence-electron chi connectivity index (χ2n) is 4.46. The van der Waals surface area contributed by atoms with Crippen LogP contribution < -0.4 is 0 Å². The van der Waals surface area contributed by atoms with E-state index in [1.54, 1.807) is 30.7 Å². The number of hydrogen-bond acceptors (Lipinski definition) is 2. The molecule has 0 spiro atoms. The molecular weight excluding hydrogens is 255 g/mol. The predicted molar refractivity (Wildman–Crippen MR) is 75.3 cm³/mol. The lowest BCUT2D eigenvalue weighted by atomic mass is 9.99. The molecule has 3 nitrogen and oxygen atoms in total. The summed E-state index contributed by atoms with van der Waals surface area (Å²) in [6.07, 6.45) is 5.18. The van der Waals surface area contributed by atoms with Gasteiger partial charge in [0.15, 0.2) is 0 Å². The molecule has 20 heavy (non-hydrogen) atoms. The van der Waals surface area contributed by atoms with Gasteiger partial charge in [0.2, 0.25) is 0 Å². The van der Waals surface area contributed by atoms with E-state index in [0.717, 1.165) is 27.9 Å². The zero-order valence-electron chi connectivity index (χ0n) is 10.7. The molecule has 3 aromatic rings. The molecule has 0 fully saturated rings. The summed E-state index contributed by atoms with van der Waals surface area (Å²) in [7, 11) is 0. The Labute approximate surface area is 115 Å². The highest BCUT2D eigenvalue weighted by atomic mass is 19.1. The second-order valence-corrected chi connectivity index (χ2v) is 4.46. The van der Waals surface area contributed by atoms with Gasteiger partial charge >= 0.3 is 0 Å². The van der Waals surface area contributed by atoms with E-state index in [9.17, 15) is 9.50 Å². The van der Waals surface area contributed by atoms with Gasteiger partial charge in [-0.3, -0.25) is 4.98 Å². The van der Waals surface area contributed by atoms with Gasteiger partial charge < -0.3 is 10.1 Å². The van der Waals surface area contributed by atoms with Gasteiger partial charge in [0.25, 0.3) is 0 Å². The third kappa shape index (κ3) is 2.21. The molecule has 0 saturated heterocycles. The average Bonchev–Trinajstić information content (AvgIpc) is 2.93. The first kappa shape index (κ1) is 12.6. The van der Waals surface area contributed by atoms with E-state index in [1.165, 1.54) is 12.1 Å². The van der Waals surface area contributed by atoms with E-state index in [1.807, 2.05) is 12.1 Å². The Hall–Kier alpha value is -2.46. The van der Waals surface area contributed by atoms with Crippen molar-refractivity contribution in [2.24, 2.45) is 0 Å². The Bertz CT molecular complexity index is 705. The van der Waals surface area contributed by atoms with Crippen molar-refractivity contribution < 1.29 is 9.50 Å². The van der Waals surface area contributed by atoms with Gasteiger partial charge in [0, 0.05) is 29.7 Å². The van der Waals surface area contributed by atoms with Crippen LogP contribution in [0.25, 0.3) is 22.4 Å². The van der Waals surface area contributed by atoms with Crippen LogP contribution in [0.1, 0.15) is 5.56 Å². The molecule has 1 aromatic carbocycles. The second kappa shape index (κ2) is 5.27. The summed E-state index contributed by atoms with van der Waals surface area (Å²) in [4.78, 5) is 7.16. The average molecular weight is 268 g/mol. The number of aromatic nitrogens is 2. The molecule has 0 saturated carbocycles. The van der Waals surface area contributed by atoms with Crippen molar-refractivity contribution in [3.05, 3.63) is 66.4 Å². The minimum absolute atomic E-state index is 0.0602. The van der Waals surface area contributed by atoms with E-state index >= 15 is 0 Å². The van der Waals surface area contributed by atoms with Crippen molar-refractivity contribution in [3.63, 3.8) is 0 Å². The molecule has 0 bridgehead atoms. The van der Waals surface area contributed by atoms with Crippen molar-refractivity contribution in [1.29, 1.82) is 0 Å². The van der Waals surface area contributed by atoms with E-state index in [4.69, 9.17) is 0 Å². The summed E-state index contributed by atoms with van der Waals surface area (Å²) in [5, 5.41) is 9.49. The molecule has 100 valence electrons. The lowest BCUT2D eigenvalue weighted by Crippen LogP contribution is -1.88. The highest BCUT2D eigenvalue weighted by molar-refractivity contribution is 5.83. The number of aliphatic hydroxyl groups excluding tert-OH is 1. The summed E-state index contributed by atoms with van der Waals surface area (Å²) in [6, 6.07) is 10.0. The summed E-state index contributed by atoms with van der Waals surface area (Å²) in [5.74, 6) is -0.270. The molecule has 2 aromatic heterocycles. The summed E-state index contributed by atoms with van der Waals surface area (Å²) in [5.41, 5.74) is 4.42. The van der Waals surface area contributed by atoms with Crippen molar-refractivity contribution in [3.8, 4) is 22.4 Å². The van der Waals surface area contributed by atoms with Gasteiger partial charge in [0.05, 0.1) is 12.3 Å². The van der Waals surface area contributed by atoms with E-state index < -0.39 is 0 Å². The van der Waals surface area contributed by atoms with E-state index in [-0.39, 0.29) is 12.4 Å². The summed E-state index contributed by atoms with van der Waals surface area (Å²) < 4.78 is 13.0. The van der Waals surface area contributed by atoms with Gasteiger partial charge in [-0.2, -0.15) is 0 Å². The molecule has 0 aliphatic rings. The molecule has 0 aliphatic carbocycles. The number of pyridine rings is 1. The number of H-pyrrole nitrogens is 1. The van der Waals surface area contributed by atoms with E-state index in [2.05, 4.69) is 9.97 Å². The minimum Gasteiger partial charge on any atom is -0.392 e. The maximum Gasteiger partial charge on any atom is 0.123 e. The SMILES string of the molecule is OCc1c[nH]c(-c2ccc(F)cc2)c1-c1ccncc1. The molecule has 0 atom stereocenters. The number of nitrogens with zero attached hydrogens (tertiary/aromatic N) is 1. The highest BCUT2D eigenvalue weighted by Gasteiger charge is 2.14. The topological polar surface area (TPSA) is 48.9 Å². The Morgan fingerprint density at radius 2 is 1.70 bits per heavy atom. The monoisotopic (exact) mass is 268 g/mol. The molecule has 0 aliphatic heterocycles. The fraction of sp³-hybridized carbons (Fsp3) is 0.0625. The van der Waals surface area contributed by atoms with Gasteiger partial charge in [0.1, 0.15) is 5.82 Å². The maximum absolute atomic E-state index is 13.0. The fourth-order valence-electron chi connectivity index (χ4n) is 2.28. The summed E-state index contributed by atoms with van der Waals surface area (Å²) >= 11 is 0. The van der Waals surface area contributed by atoms with Crippen LogP contribution >= 0.6 is 0 Å². The molecule has 2 heterocycles. The van der Waals surface area contributed by atoms with Crippen LogP contribution in [-0.4, -0.2) is 15.1 Å². The van der Waals surface area contributed by atoms with Crippen molar-refractivity contribution in [2.75, 3.05) is 0 Å². The zero-order valence-corrected chi connectivity index (χ0v) is 10.7. The lowest BCUT2D eigenvalue weighted by molar-refractivity contribution is 0.282. The first-order chi connectivity index (χ1) is 9.79. The van der Waals surface area contributed by atoms with Gasteiger partial charge in [-0.25, -0.2) is 4.39 Å². The number of nitrogens with one attached hydrogen (secondary N) is 1. The Morgan fingerprint density at radius 1 is 1.00 bits per heavy atom. The fourth-order valence-corrected chi connectivity index (χ4v) is 2.28. The number of hydrogen-bond donors (Lipinski definition) is 2. The predicted octanol–water partition coefficient (Wildman–Crippen LogP) is 3.38. The third-order valence-electron chi connectivity index (χ3n) is 3.23. The number of halogens is 1. The molecule has 3 rings (SSSR count). The first-order valence-electron chi connectivity index (χ1n) is 6.27. The smallest absolute Gasteiger partial charge is 0.123 e. The van der Waals surface area contributed by atoms with Crippen molar-refractivity contribution >= 4 is 0 Å². The molecule has 0 radical (unpaired) electrons. The van der Waals surface area contributed by atoms with Crippen LogP contribution in [0.4, 0.5) is 4.39 Å². The molecule has 2 N–H and O–H groups in total. The van der Waals surface area contributed by atoms with E-state index in [0.29, 0.717) is 0 Å². The Morgan fingerprint density at radius 3 is 2.35 bits per heavy atom. The van der Waals surface area contributed by atoms with Crippen LogP contribution in [0, 0.1) is 5.82 Å². The number of rotatable bonds is 3. The highest BCUT2D eigenvalue weighted by Crippen LogP contribution is 2.34. The number of aromatic amines is 1. The molecule has 4 heteroatoms. The third-order valence-corrected chi connectivity index (χ3v) is 3.23. The van der Waals surface area contributed by atoms with Gasteiger partial charge in [-0.15, -0.1) is 0 Å². The zero-order chi connectivity index (χ0) is 13.9. The maximum atomic E-state index is 13.0. The quantitative estimate of drug-likeness (QED) is 0.765. The largest absolute Gasteiger partial charge is 0.392 e. The van der Waals surface area contributed by atoms with Gasteiger partial charge in [-0.05, 0) is 47.5 Å². The number of benzene rings is 1. The van der Waals surface area contributed by atoms with Crippen LogP contribution in [0.3, 0.4) is 0 Å². The van der Waals surface area contributed by atoms with Crippen LogP contribution in [0.5, 0.6) is 0 Å². The number of aliphatic hydroxyl groups is 1. The van der Waals surface area contributed by atoms with Crippen LogP contribution in [-0.2, 0) is 6.61 Å².